The van der Waals surface area contributed by atoms with Crippen LogP contribution in [0.1, 0.15) is 110 Å². The molecule has 0 aromatic rings. The van der Waals surface area contributed by atoms with E-state index >= 15 is 0 Å². The Morgan fingerprint density at radius 1 is 0.625 bits per heavy atom. The zero-order valence-corrected chi connectivity index (χ0v) is 16.0. The molecule has 0 bridgehead atoms. The van der Waals surface area contributed by atoms with Crippen LogP contribution in [0.25, 0.3) is 0 Å². The summed E-state index contributed by atoms with van der Waals surface area (Å²) < 4.78 is 0. The Kier molecular flexibility index (Phi) is 19.1. The van der Waals surface area contributed by atoms with Gasteiger partial charge in [0.2, 0.25) is 0 Å². The summed E-state index contributed by atoms with van der Waals surface area (Å²) in [7, 11) is 0. The van der Waals surface area contributed by atoms with E-state index < -0.39 is 5.97 Å². The van der Waals surface area contributed by atoms with Crippen LogP contribution < -0.4 is 0 Å². The van der Waals surface area contributed by atoms with Crippen LogP contribution in [0.5, 0.6) is 0 Å². The van der Waals surface area contributed by atoms with E-state index in [1.165, 1.54) is 70.6 Å². The van der Waals surface area contributed by atoms with Gasteiger partial charge in [-0.15, -0.1) is 0 Å². The minimum Gasteiger partial charge on any atom is -0.481 e. The first-order chi connectivity index (χ1) is 11.8. The van der Waals surface area contributed by atoms with E-state index in [0.29, 0.717) is 6.42 Å². The number of aliphatic carboxylic acids is 1. The van der Waals surface area contributed by atoms with Crippen LogP contribution in [0.4, 0.5) is 0 Å². The molecule has 0 saturated heterocycles. The molecule has 0 atom stereocenters. The van der Waals surface area contributed by atoms with Crippen LogP contribution in [-0.2, 0) is 4.79 Å². The number of hydrogen-bond donors (Lipinski definition) is 1. The predicted molar refractivity (Wildman–Crippen MR) is 105 cm³/mol. The van der Waals surface area contributed by atoms with Crippen LogP contribution in [0, 0.1) is 0 Å². The van der Waals surface area contributed by atoms with Crippen molar-refractivity contribution in [3.63, 3.8) is 0 Å². The number of rotatable bonds is 18. The van der Waals surface area contributed by atoms with Crippen molar-refractivity contribution in [2.24, 2.45) is 0 Å². The summed E-state index contributed by atoms with van der Waals surface area (Å²) in [5.41, 5.74) is 0. The monoisotopic (exact) mass is 336 g/mol. The van der Waals surface area contributed by atoms with Crippen molar-refractivity contribution < 1.29 is 9.90 Å². The fraction of sp³-hybridized carbons (Fsp3) is 0.773. The topological polar surface area (TPSA) is 37.3 Å². The fourth-order valence-electron chi connectivity index (χ4n) is 2.75. The standard InChI is InChI=1S/C22H40O2/c1-2-3-4-5-6-7-8-9-10-11-12-13-14-15-16-17-18-19-20-21-22(23)24/h9-10,15-16H,2-8,11-14,17-21H2,1H3,(H,23,24)/b10-9-,16-15-. The Labute approximate surface area is 150 Å². The minimum absolute atomic E-state index is 0.316. The number of allylic oxidation sites excluding steroid dienone is 4. The van der Waals surface area contributed by atoms with Gasteiger partial charge in [0.1, 0.15) is 0 Å². The molecule has 0 amide bonds. The van der Waals surface area contributed by atoms with Crippen molar-refractivity contribution in [2.75, 3.05) is 0 Å². The molecule has 2 heteroatoms. The van der Waals surface area contributed by atoms with Crippen molar-refractivity contribution >= 4 is 5.97 Å². The van der Waals surface area contributed by atoms with Gasteiger partial charge in [0.05, 0.1) is 0 Å². The van der Waals surface area contributed by atoms with Gasteiger partial charge < -0.3 is 5.11 Å². The van der Waals surface area contributed by atoms with Crippen LogP contribution in [-0.4, -0.2) is 11.1 Å². The molecule has 0 fully saturated rings. The van der Waals surface area contributed by atoms with Gasteiger partial charge in [-0.05, 0) is 57.8 Å². The lowest BCUT2D eigenvalue weighted by Gasteiger charge is -1.98. The molecule has 0 aromatic carbocycles. The summed E-state index contributed by atoms with van der Waals surface area (Å²) >= 11 is 0. The second-order valence-corrected chi connectivity index (χ2v) is 6.78. The maximum Gasteiger partial charge on any atom is 0.303 e. The normalized spacial score (nSPS) is 11.7. The molecule has 0 rings (SSSR count). The lowest BCUT2D eigenvalue weighted by molar-refractivity contribution is -0.137. The van der Waals surface area contributed by atoms with Crippen molar-refractivity contribution in [1.82, 2.24) is 0 Å². The molecule has 140 valence electrons. The smallest absolute Gasteiger partial charge is 0.303 e. The lowest BCUT2D eigenvalue weighted by Crippen LogP contribution is -1.93. The highest BCUT2D eigenvalue weighted by molar-refractivity contribution is 5.66. The first-order valence-electron chi connectivity index (χ1n) is 10.3. The Morgan fingerprint density at radius 3 is 1.46 bits per heavy atom. The highest BCUT2D eigenvalue weighted by atomic mass is 16.4. The van der Waals surface area contributed by atoms with E-state index in [0.717, 1.165) is 25.7 Å². The third-order valence-electron chi connectivity index (χ3n) is 4.31. The average Bonchev–Trinajstić information content (AvgIpc) is 2.56. The first kappa shape index (κ1) is 22.9. The minimum atomic E-state index is -0.674. The van der Waals surface area contributed by atoms with Gasteiger partial charge in [0.15, 0.2) is 0 Å². The second kappa shape index (κ2) is 20.0. The van der Waals surface area contributed by atoms with Crippen LogP contribution in [0.15, 0.2) is 24.3 Å². The predicted octanol–water partition coefficient (Wildman–Crippen LogP) is 7.44. The molecule has 0 radical (unpaired) electrons. The SMILES string of the molecule is CCCCCCCC/C=C\CCCC/C=C\CCCCCC(=O)O. The van der Waals surface area contributed by atoms with Crippen LogP contribution in [0.3, 0.4) is 0 Å². The Hall–Kier alpha value is -1.05. The zero-order chi connectivity index (χ0) is 17.7. The summed E-state index contributed by atoms with van der Waals surface area (Å²) in [5, 5.41) is 8.54. The maximum atomic E-state index is 10.4. The Balaban J connectivity index is 3.17. The zero-order valence-electron chi connectivity index (χ0n) is 16.0. The van der Waals surface area contributed by atoms with Crippen molar-refractivity contribution in [3.05, 3.63) is 24.3 Å². The molecule has 0 aromatic heterocycles. The quantitative estimate of drug-likeness (QED) is 0.208. The van der Waals surface area contributed by atoms with Gasteiger partial charge in [0.25, 0.3) is 0 Å². The molecule has 0 saturated carbocycles. The van der Waals surface area contributed by atoms with E-state index in [1.807, 2.05) is 0 Å². The molecule has 0 unspecified atom stereocenters. The van der Waals surface area contributed by atoms with E-state index in [9.17, 15) is 4.79 Å². The lowest BCUT2D eigenvalue weighted by atomic mass is 10.1. The number of hydrogen-bond acceptors (Lipinski definition) is 1. The van der Waals surface area contributed by atoms with Crippen molar-refractivity contribution in [2.45, 2.75) is 110 Å². The molecule has 2 nitrogen and oxygen atoms in total. The van der Waals surface area contributed by atoms with E-state index in [1.54, 1.807) is 0 Å². The molecular weight excluding hydrogens is 296 g/mol. The number of unbranched alkanes of at least 4 members (excludes halogenated alkanes) is 12. The largest absolute Gasteiger partial charge is 0.481 e. The van der Waals surface area contributed by atoms with Gasteiger partial charge in [-0.1, -0.05) is 69.8 Å². The molecular formula is C22H40O2. The number of carboxylic acids is 1. The summed E-state index contributed by atoms with van der Waals surface area (Å²) in [6, 6.07) is 0. The van der Waals surface area contributed by atoms with Crippen molar-refractivity contribution in [1.29, 1.82) is 0 Å². The second-order valence-electron chi connectivity index (χ2n) is 6.78. The molecule has 0 aliphatic heterocycles. The summed E-state index contributed by atoms with van der Waals surface area (Å²) in [6.07, 6.45) is 28.2. The highest BCUT2D eigenvalue weighted by Crippen LogP contribution is 2.09. The molecule has 1 N–H and O–H groups in total. The summed E-state index contributed by atoms with van der Waals surface area (Å²) in [6.45, 7) is 2.27. The molecule has 24 heavy (non-hydrogen) atoms. The first-order valence-corrected chi connectivity index (χ1v) is 10.3. The van der Waals surface area contributed by atoms with Crippen LogP contribution >= 0.6 is 0 Å². The molecule has 0 spiro atoms. The number of carbonyl (C=O) groups is 1. The third-order valence-corrected chi connectivity index (χ3v) is 4.31. The van der Waals surface area contributed by atoms with E-state index in [-0.39, 0.29) is 0 Å². The Morgan fingerprint density at radius 2 is 1.00 bits per heavy atom. The average molecular weight is 337 g/mol. The van der Waals surface area contributed by atoms with Gasteiger partial charge in [-0.3, -0.25) is 4.79 Å². The van der Waals surface area contributed by atoms with Gasteiger partial charge in [-0.2, -0.15) is 0 Å². The fourth-order valence-corrected chi connectivity index (χ4v) is 2.75. The molecule has 0 heterocycles. The van der Waals surface area contributed by atoms with Gasteiger partial charge >= 0.3 is 5.97 Å². The third kappa shape index (κ3) is 20.9. The molecule has 0 aliphatic rings. The van der Waals surface area contributed by atoms with Gasteiger partial charge in [0, 0.05) is 6.42 Å². The number of carboxylic acid groups (broad SMARTS) is 1. The molecule has 0 aliphatic carbocycles. The maximum absolute atomic E-state index is 10.4. The summed E-state index contributed by atoms with van der Waals surface area (Å²) in [4.78, 5) is 10.4. The van der Waals surface area contributed by atoms with E-state index in [4.69, 9.17) is 5.11 Å². The van der Waals surface area contributed by atoms with E-state index in [2.05, 4.69) is 31.2 Å². The van der Waals surface area contributed by atoms with Crippen molar-refractivity contribution in [3.8, 4) is 0 Å². The highest BCUT2D eigenvalue weighted by Gasteiger charge is 1.95. The van der Waals surface area contributed by atoms with Gasteiger partial charge in [-0.25, -0.2) is 0 Å². The van der Waals surface area contributed by atoms with Crippen LogP contribution in [0.2, 0.25) is 0 Å². The summed E-state index contributed by atoms with van der Waals surface area (Å²) in [5.74, 6) is -0.674. The Bertz CT molecular complexity index is 318.